The second kappa shape index (κ2) is 4.23. The molecular weight excluding hydrogens is 255 g/mol. The monoisotopic (exact) mass is 260 g/mol. The first-order valence-electron chi connectivity index (χ1n) is 4.29. The highest BCUT2D eigenvalue weighted by molar-refractivity contribution is 6.41. The predicted molar refractivity (Wildman–Crippen MR) is 56.7 cm³/mol. The molecule has 0 aliphatic heterocycles. The molecule has 0 atom stereocenters. The molecule has 0 fully saturated rings. The summed E-state index contributed by atoms with van der Waals surface area (Å²) < 4.78 is 5.65. The third kappa shape index (κ3) is 2.07. The highest BCUT2D eigenvalue weighted by Gasteiger charge is 2.10. The normalized spacial score (nSPS) is 10.7. The van der Waals surface area contributed by atoms with Crippen LogP contribution in [0.1, 0.15) is 11.4 Å². The molecule has 0 bridgehead atoms. The van der Waals surface area contributed by atoms with Gasteiger partial charge in [-0.05, 0) is 6.92 Å². The van der Waals surface area contributed by atoms with E-state index in [1.165, 1.54) is 6.07 Å². The largest absolute Gasteiger partial charge is 0.268 e. The lowest BCUT2D eigenvalue weighted by Gasteiger charge is -2.02. The van der Waals surface area contributed by atoms with Gasteiger partial charge in [-0.3, -0.25) is 4.79 Å². The van der Waals surface area contributed by atoms with Crippen molar-refractivity contribution in [3.63, 3.8) is 0 Å². The minimum Gasteiger partial charge on any atom is -0.268 e. The van der Waals surface area contributed by atoms with Gasteiger partial charge in [0, 0.05) is 6.07 Å². The van der Waals surface area contributed by atoms with Gasteiger partial charge in [0.05, 0.1) is 11.6 Å². The number of nitrogens with zero attached hydrogens (tertiary/aromatic N) is 4. The molecule has 2 aromatic heterocycles. The van der Waals surface area contributed by atoms with Crippen LogP contribution in [-0.2, 0) is 6.54 Å². The molecule has 0 saturated heterocycles. The van der Waals surface area contributed by atoms with Crippen LogP contribution < -0.4 is 5.56 Å². The molecule has 2 aromatic rings. The van der Waals surface area contributed by atoms with Crippen LogP contribution in [0.3, 0.4) is 0 Å². The van der Waals surface area contributed by atoms with Crippen molar-refractivity contribution in [2.24, 2.45) is 0 Å². The smallest absolute Gasteiger partial charge is 0.268 e. The van der Waals surface area contributed by atoms with Crippen LogP contribution in [0.2, 0.25) is 10.2 Å². The van der Waals surface area contributed by atoms with E-state index in [1.807, 2.05) is 0 Å². The Labute approximate surface area is 99.7 Å². The summed E-state index contributed by atoms with van der Waals surface area (Å²) in [5, 5.41) is 11.2. The molecule has 0 aliphatic rings. The van der Waals surface area contributed by atoms with Crippen molar-refractivity contribution in [2.75, 3.05) is 0 Å². The molecule has 0 aromatic carbocycles. The topological polar surface area (TPSA) is 73.8 Å². The molecule has 2 heterocycles. The van der Waals surface area contributed by atoms with Gasteiger partial charge in [-0.15, -0.1) is 0 Å². The molecule has 0 unspecified atom stereocenters. The summed E-state index contributed by atoms with van der Waals surface area (Å²) in [6.45, 7) is 1.86. The third-order valence-corrected chi connectivity index (χ3v) is 2.62. The van der Waals surface area contributed by atoms with Gasteiger partial charge in [0.1, 0.15) is 11.4 Å². The summed E-state index contributed by atoms with van der Waals surface area (Å²) in [6.07, 6.45) is 0. The molecule has 0 radical (unpaired) electrons. The summed E-state index contributed by atoms with van der Waals surface area (Å²) in [6, 6.07) is 1.19. The van der Waals surface area contributed by atoms with E-state index in [-0.39, 0.29) is 22.3 Å². The minimum absolute atomic E-state index is 0.0652. The number of aromatic nitrogens is 4. The fourth-order valence-electron chi connectivity index (χ4n) is 1.09. The highest BCUT2D eigenvalue weighted by Crippen LogP contribution is 2.15. The van der Waals surface area contributed by atoms with Crippen molar-refractivity contribution < 1.29 is 4.63 Å². The van der Waals surface area contributed by atoms with Crippen molar-refractivity contribution >= 4 is 23.2 Å². The Morgan fingerprint density at radius 1 is 1.44 bits per heavy atom. The average Bonchev–Trinajstić information content (AvgIpc) is 2.61. The number of hydrogen-bond donors (Lipinski definition) is 0. The number of halogens is 2. The first-order chi connectivity index (χ1) is 7.58. The summed E-state index contributed by atoms with van der Waals surface area (Å²) in [5.74, 6) is 0. The van der Waals surface area contributed by atoms with Crippen molar-refractivity contribution in [1.29, 1.82) is 0 Å². The van der Waals surface area contributed by atoms with Gasteiger partial charge in [-0.1, -0.05) is 33.5 Å². The van der Waals surface area contributed by atoms with Gasteiger partial charge < -0.3 is 0 Å². The summed E-state index contributed by atoms with van der Waals surface area (Å²) in [4.78, 5) is 11.5. The van der Waals surface area contributed by atoms with Crippen LogP contribution in [-0.4, -0.2) is 20.1 Å². The van der Waals surface area contributed by atoms with Crippen LogP contribution in [0, 0.1) is 6.92 Å². The molecule has 0 N–H and O–H groups in total. The summed E-state index contributed by atoms with van der Waals surface area (Å²) >= 11 is 11.3. The second-order valence-electron chi connectivity index (χ2n) is 3.08. The van der Waals surface area contributed by atoms with Crippen molar-refractivity contribution in [3.8, 4) is 0 Å². The molecular formula is C8H6Cl2N4O2. The Hall–Kier alpha value is -1.40. The van der Waals surface area contributed by atoms with Gasteiger partial charge in [0.25, 0.3) is 5.56 Å². The van der Waals surface area contributed by atoms with Crippen molar-refractivity contribution in [1.82, 2.24) is 20.1 Å². The van der Waals surface area contributed by atoms with E-state index in [9.17, 15) is 4.79 Å². The standard InChI is InChI=1S/C8H6Cl2N4O2/c1-4-6(13-16-12-4)3-14-7(15)2-5(9)8(10)11-14/h2H,3H2,1H3. The van der Waals surface area contributed by atoms with Crippen LogP contribution in [0.25, 0.3) is 0 Å². The van der Waals surface area contributed by atoms with Crippen LogP contribution in [0.15, 0.2) is 15.5 Å². The summed E-state index contributed by atoms with van der Waals surface area (Å²) in [7, 11) is 0. The van der Waals surface area contributed by atoms with Gasteiger partial charge in [-0.2, -0.15) is 5.10 Å². The Balaban J connectivity index is 2.39. The fourth-order valence-corrected chi connectivity index (χ4v) is 1.37. The van der Waals surface area contributed by atoms with Crippen molar-refractivity contribution in [2.45, 2.75) is 13.5 Å². The fraction of sp³-hybridized carbons (Fsp3) is 0.250. The minimum atomic E-state index is -0.364. The van der Waals surface area contributed by atoms with E-state index in [1.54, 1.807) is 6.92 Å². The molecule has 0 aliphatic carbocycles. The molecule has 0 saturated carbocycles. The molecule has 8 heteroatoms. The van der Waals surface area contributed by atoms with Gasteiger partial charge in [0.2, 0.25) is 0 Å². The SMILES string of the molecule is Cc1nonc1Cn1nc(Cl)c(Cl)cc1=O. The van der Waals surface area contributed by atoms with Crippen LogP contribution in [0.4, 0.5) is 0 Å². The lowest BCUT2D eigenvalue weighted by atomic mass is 10.3. The number of rotatable bonds is 2. The maximum absolute atomic E-state index is 11.5. The van der Waals surface area contributed by atoms with E-state index >= 15 is 0 Å². The molecule has 0 amide bonds. The Kier molecular flexibility index (Phi) is 2.93. The van der Waals surface area contributed by atoms with Crippen molar-refractivity contribution in [3.05, 3.63) is 38.0 Å². The van der Waals surface area contributed by atoms with Crippen LogP contribution in [0.5, 0.6) is 0 Å². The second-order valence-corrected chi connectivity index (χ2v) is 3.84. The van der Waals surface area contributed by atoms with E-state index in [4.69, 9.17) is 23.2 Å². The lowest BCUT2D eigenvalue weighted by molar-refractivity contribution is 0.300. The lowest BCUT2D eigenvalue weighted by Crippen LogP contribution is -2.23. The quantitative estimate of drug-likeness (QED) is 0.814. The van der Waals surface area contributed by atoms with Gasteiger partial charge in [0.15, 0.2) is 5.15 Å². The van der Waals surface area contributed by atoms with Crippen LogP contribution >= 0.6 is 23.2 Å². The average molecular weight is 261 g/mol. The maximum atomic E-state index is 11.5. The van der Waals surface area contributed by atoms with Gasteiger partial charge in [-0.25, -0.2) is 9.31 Å². The zero-order chi connectivity index (χ0) is 11.7. The molecule has 6 nitrogen and oxygen atoms in total. The maximum Gasteiger partial charge on any atom is 0.268 e. The van der Waals surface area contributed by atoms with Gasteiger partial charge >= 0.3 is 0 Å². The first kappa shape index (κ1) is 11.1. The third-order valence-electron chi connectivity index (χ3n) is 1.96. The molecule has 2 rings (SSSR count). The molecule has 84 valence electrons. The Morgan fingerprint density at radius 3 is 2.81 bits per heavy atom. The molecule has 0 spiro atoms. The van der Waals surface area contributed by atoms with E-state index in [2.05, 4.69) is 20.0 Å². The molecule has 16 heavy (non-hydrogen) atoms. The van der Waals surface area contributed by atoms with E-state index in [0.29, 0.717) is 11.4 Å². The summed E-state index contributed by atoms with van der Waals surface area (Å²) in [5.41, 5.74) is 0.754. The Morgan fingerprint density at radius 2 is 2.19 bits per heavy atom. The first-order valence-corrected chi connectivity index (χ1v) is 5.04. The van der Waals surface area contributed by atoms with E-state index in [0.717, 1.165) is 4.68 Å². The Bertz CT molecular complexity index is 578. The predicted octanol–water partition coefficient (Wildman–Crippen LogP) is 1.29. The zero-order valence-electron chi connectivity index (χ0n) is 8.15. The number of aryl methyl sites for hydroxylation is 1. The zero-order valence-corrected chi connectivity index (χ0v) is 9.66. The highest BCUT2D eigenvalue weighted by atomic mass is 35.5. The number of hydrogen-bond acceptors (Lipinski definition) is 5. The van der Waals surface area contributed by atoms with E-state index < -0.39 is 0 Å².